The maximum atomic E-state index is 11.1. The van der Waals surface area contributed by atoms with Crippen molar-refractivity contribution in [3.05, 3.63) is 60.0 Å². The Bertz CT molecular complexity index is 1050. The van der Waals surface area contributed by atoms with Crippen LogP contribution in [0.3, 0.4) is 0 Å². The number of hydrogen-bond donors (Lipinski definition) is 2. The average Bonchev–Trinajstić information content (AvgIpc) is 3.39. The number of carbonyl (C=O) groups is 1. The van der Waals surface area contributed by atoms with Crippen LogP contribution in [0.15, 0.2) is 48.8 Å². The third-order valence-electron chi connectivity index (χ3n) is 4.80. The van der Waals surface area contributed by atoms with Crippen LogP contribution in [-0.2, 0) is 19.9 Å². The molecule has 0 radical (unpaired) electrons. The number of aromatic nitrogens is 3. The summed E-state index contributed by atoms with van der Waals surface area (Å²) in [5.74, 6) is -0.178. The summed E-state index contributed by atoms with van der Waals surface area (Å²) < 4.78 is 12.4. The molecule has 1 aromatic carbocycles. The highest BCUT2D eigenvalue weighted by molar-refractivity contribution is 5.71. The molecular weight excluding hydrogens is 384 g/mol. The van der Waals surface area contributed by atoms with Crippen LogP contribution in [0, 0.1) is 18.3 Å². The van der Waals surface area contributed by atoms with E-state index in [1.165, 1.54) is 11.9 Å². The summed E-state index contributed by atoms with van der Waals surface area (Å²) in [4.78, 5) is 15.1. The number of nitrogen functional groups attached to an aromatic ring is 1. The van der Waals surface area contributed by atoms with Gasteiger partial charge < -0.3 is 20.9 Å². The van der Waals surface area contributed by atoms with E-state index in [0.717, 1.165) is 0 Å². The van der Waals surface area contributed by atoms with Crippen LogP contribution < -0.4 is 11.5 Å². The fourth-order valence-electron chi connectivity index (χ4n) is 3.25. The highest BCUT2D eigenvalue weighted by Gasteiger charge is 2.44. The number of nitriles is 1. The average molecular weight is 408 g/mol. The van der Waals surface area contributed by atoms with Gasteiger partial charge in [0.25, 0.3) is 0 Å². The standard InChI is InChI=1S/C14H16N6O3.C7H8/c15-5-12(21)22-6-9-3-4-14(7-16,23-9)11-2-1-10-13(17)18-8-19-20(10)11;1-7-5-3-2-4-6-7/h1-2,8-9H,3-6,15H2,(H2,17,18,19);2-6H,1H3. The van der Waals surface area contributed by atoms with Crippen molar-refractivity contribution in [2.24, 2.45) is 5.73 Å². The first-order valence-electron chi connectivity index (χ1n) is 9.54. The molecule has 0 amide bonds. The molecular formula is C21H24N6O3. The highest BCUT2D eigenvalue weighted by Crippen LogP contribution is 2.39. The molecule has 2 aromatic heterocycles. The summed E-state index contributed by atoms with van der Waals surface area (Å²) in [7, 11) is 0. The summed E-state index contributed by atoms with van der Waals surface area (Å²) in [5.41, 5.74) is 12.4. The van der Waals surface area contributed by atoms with Crippen molar-refractivity contribution in [1.29, 1.82) is 5.26 Å². The molecule has 3 heterocycles. The van der Waals surface area contributed by atoms with Gasteiger partial charge in [0.1, 0.15) is 24.5 Å². The Morgan fingerprint density at radius 3 is 2.77 bits per heavy atom. The quantitative estimate of drug-likeness (QED) is 0.621. The second kappa shape index (κ2) is 9.35. The second-order valence-electron chi connectivity index (χ2n) is 6.92. The zero-order valence-electron chi connectivity index (χ0n) is 16.7. The zero-order chi connectivity index (χ0) is 21.6. The number of anilines is 1. The molecule has 3 aromatic rings. The molecule has 1 aliphatic heterocycles. The molecule has 9 nitrogen and oxygen atoms in total. The SMILES string of the molecule is Cc1ccccc1.N#CC1(c2ccc3c(N)ncnn23)CCC(COC(=O)CN)O1. The number of nitrogens with zero attached hydrogens (tertiary/aromatic N) is 4. The molecule has 2 unspecified atom stereocenters. The van der Waals surface area contributed by atoms with Crippen molar-refractivity contribution in [2.45, 2.75) is 31.5 Å². The van der Waals surface area contributed by atoms with Crippen LogP contribution in [0.25, 0.3) is 5.52 Å². The van der Waals surface area contributed by atoms with E-state index in [4.69, 9.17) is 20.9 Å². The predicted molar refractivity (Wildman–Crippen MR) is 110 cm³/mol. The number of nitrogens with two attached hydrogens (primary N) is 2. The minimum atomic E-state index is -1.16. The Hall–Kier alpha value is -3.48. The molecule has 156 valence electrons. The predicted octanol–water partition coefficient (Wildman–Crippen LogP) is 1.71. The summed E-state index contributed by atoms with van der Waals surface area (Å²) in [6.45, 7) is 1.97. The monoisotopic (exact) mass is 408 g/mol. The molecule has 0 saturated carbocycles. The van der Waals surface area contributed by atoms with Gasteiger partial charge in [-0.05, 0) is 31.9 Å². The minimum absolute atomic E-state index is 0.0693. The topological polar surface area (TPSA) is 142 Å². The number of hydrogen-bond acceptors (Lipinski definition) is 8. The molecule has 9 heteroatoms. The first kappa shape index (κ1) is 21.2. The molecule has 30 heavy (non-hydrogen) atoms. The van der Waals surface area contributed by atoms with Crippen LogP contribution in [-0.4, -0.2) is 39.8 Å². The summed E-state index contributed by atoms with van der Waals surface area (Å²) >= 11 is 0. The van der Waals surface area contributed by atoms with E-state index >= 15 is 0 Å². The highest BCUT2D eigenvalue weighted by atomic mass is 16.6. The molecule has 2 atom stereocenters. The van der Waals surface area contributed by atoms with Crippen molar-refractivity contribution in [1.82, 2.24) is 14.6 Å². The molecule has 1 aliphatic rings. The third kappa shape index (κ3) is 4.56. The van der Waals surface area contributed by atoms with Gasteiger partial charge in [0.15, 0.2) is 11.4 Å². The van der Waals surface area contributed by atoms with Gasteiger partial charge in [-0.15, -0.1) is 0 Å². The second-order valence-corrected chi connectivity index (χ2v) is 6.92. The number of fused-ring (bicyclic) bond motifs is 1. The van der Waals surface area contributed by atoms with Gasteiger partial charge in [-0.1, -0.05) is 35.9 Å². The van der Waals surface area contributed by atoms with E-state index in [-0.39, 0.29) is 19.3 Å². The third-order valence-corrected chi connectivity index (χ3v) is 4.80. The van der Waals surface area contributed by atoms with Crippen molar-refractivity contribution < 1.29 is 14.3 Å². The maximum absolute atomic E-state index is 11.1. The molecule has 0 aliphatic carbocycles. The van der Waals surface area contributed by atoms with Crippen LogP contribution >= 0.6 is 0 Å². The number of esters is 1. The van der Waals surface area contributed by atoms with Crippen molar-refractivity contribution in [3.63, 3.8) is 0 Å². The molecule has 0 spiro atoms. The first-order valence-corrected chi connectivity index (χ1v) is 9.54. The number of carbonyl (C=O) groups excluding carboxylic acids is 1. The number of aryl methyl sites for hydroxylation is 1. The Kier molecular flexibility index (Phi) is 6.61. The van der Waals surface area contributed by atoms with E-state index in [0.29, 0.717) is 29.9 Å². The lowest BCUT2D eigenvalue weighted by Crippen LogP contribution is -2.29. The Balaban J connectivity index is 0.000000310. The van der Waals surface area contributed by atoms with E-state index in [9.17, 15) is 10.1 Å². The van der Waals surface area contributed by atoms with Crippen LogP contribution in [0.4, 0.5) is 5.82 Å². The van der Waals surface area contributed by atoms with Gasteiger partial charge in [0, 0.05) is 0 Å². The Labute approximate surface area is 174 Å². The molecule has 4 rings (SSSR count). The Morgan fingerprint density at radius 1 is 1.37 bits per heavy atom. The van der Waals surface area contributed by atoms with Gasteiger partial charge >= 0.3 is 5.97 Å². The maximum Gasteiger partial charge on any atom is 0.319 e. The van der Waals surface area contributed by atoms with Crippen LogP contribution in [0.5, 0.6) is 0 Å². The first-order chi connectivity index (χ1) is 14.5. The van der Waals surface area contributed by atoms with Crippen LogP contribution in [0.1, 0.15) is 24.1 Å². The molecule has 1 saturated heterocycles. The van der Waals surface area contributed by atoms with E-state index in [2.05, 4.69) is 35.2 Å². The minimum Gasteiger partial charge on any atom is -0.462 e. The number of rotatable bonds is 4. The molecule has 1 fully saturated rings. The molecule has 4 N–H and O–H groups in total. The Morgan fingerprint density at radius 2 is 2.13 bits per heavy atom. The fraction of sp³-hybridized carbons (Fsp3) is 0.333. The van der Waals surface area contributed by atoms with E-state index in [1.54, 1.807) is 16.6 Å². The zero-order valence-corrected chi connectivity index (χ0v) is 16.7. The lowest BCUT2D eigenvalue weighted by atomic mass is 9.98. The number of ether oxygens (including phenoxy) is 2. The smallest absolute Gasteiger partial charge is 0.319 e. The number of benzene rings is 1. The van der Waals surface area contributed by atoms with E-state index < -0.39 is 11.6 Å². The summed E-state index contributed by atoms with van der Waals surface area (Å²) in [6.07, 6.45) is 2.01. The normalized spacial score (nSPS) is 20.2. The van der Waals surface area contributed by atoms with Crippen molar-refractivity contribution >= 4 is 17.3 Å². The van der Waals surface area contributed by atoms with E-state index in [1.807, 2.05) is 18.2 Å². The van der Waals surface area contributed by atoms with Crippen molar-refractivity contribution in [2.75, 3.05) is 18.9 Å². The summed E-state index contributed by atoms with van der Waals surface area (Å²) in [5, 5.41) is 13.8. The van der Waals surface area contributed by atoms with Gasteiger partial charge in [0.2, 0.25) is 0 Å². The van der Waals surface area contributed by atoms with Gasteiger partial charge in [0.05, 0.1) is 18.3 Å². The molecule has 0 bridgehead atoms. The van der Waals surface area contributed by atoms with Gasteiger partial charge in [-0.2, -0.15) is 10.4 Å². The lowest BCUT2D eigenvalue weighted by Gasteiger charge is -2.21. The fourth-order valence-corrected chi connectivity index (χ4v) is 3.25. The van der Waals surface area contributed by atoms with Gasteiger partial charge in [-0.3, -0.25) is 4.79 Å². The lowest BCUT2D eigenvalue weighted by molar-refractivity contribution is -0.147. The van der Waals surface area contributed by atoms with Gasteiger partial charge in [-0.25, -0.2) is 9.50 Å². The summed E-state index contributed by atoms with van der Waals surface area (Å²) in [6, 6.07) is 16.0. The van der Waals surface area contributed by atoms with Crippen LogP contribution in [0.2, 0.25) is 0 Å². The largest absolute Gasteiger partial charge is 0.462 e. The van der Waals surface area contributed by atoms with Crippen molar-refractivity contribution in [3.8, 4) is 6.07 Å².